The largest absolute Gasteiger partial charge is 0.481 e. The van der Waals surface area contributed by atoms with Crippen LogP contribution in [0.4, 0.5) is 0 Å². The molecule has 1 rings (SSSR count). The quantitative estimate of drug-likeness (QED) is 0.740. The zero-order valence-corrected chi connectivity index (χ0v) is 7.45. The molecule has 3 heteroatoms. The standard InChI is InChI=1S/C9H14N2O/c1-3-8(10)7-4-5-9(12-2)11-6-7/h4-6,8H,3,10H2,1-2H3. The zero-order chi connectivity index (χ0) is 8.97. The summed E-state index contributed by atoms with van der Waals surface area (Å²) in [6.07, 6.45) is 2.68. The van der Waals surface area contributed by atoms with Gasteiger partial charge >= 0.3 is 0 Å². The van der Waals surface area contributed by atoms with E-state index < -0.39 is 0 Å². The van der Waals surface area contributed by atoms with E-state index >= 15 is 0 Å². The van der Waals surface area contributed by atoms with Crippen molar-refractivity contribution < 1.29 is 4.74 Å². The molecule has 0 bridgehead atoms. The molecule has 1 unspecified atom stereocenters. The highest BCUT2D eigenvalue weighted by Gasteiger charge is 2.02. The molecule has 0 spiro atoms. The van der Waals surface area contributed by atoms with Gasteiger partial charge in [0.25, 0.3) is 0 Å². The molecule has 0 amide bonds. The van der Waals surface area contributed by atoms with Gasteiger partial charge in [0.05, 0.1) is 7.11 Å². The number of methoxy groups -OCH3 is 1. The van der Waals surface area contributed by atoms with Crippen LogP contribution < -0.4 is 10.5 Å². The lowest BCUT2D eigenvalue weighted by molar-refractivity contribution is 0.397. The van der Waals surface area contributed by atoms with Gasteiger partial charge in [0.15, 0.2) is 0 Å². The fraction of sp³-hybridized carbons (Fsp3) is 0.444. The average molecular weight is 166 g/mol. The molecule has 1 heterocycles. The first-order valence-corrected chi connectivity index (χ1v) is 4.03. The summed E-state index contributed by atoms with van der Waals surface area (Å²) in [5, 5.41) is 0. The van der Waals surface area contributed by atoms with E-state index in [1.165, 1.54) is 0 Å². The fourth-order valence-electron chi connectivity index (χ4n) is 0.968. The monoisotopic (exact) mass is 166 g/mol. The highest BCUT2D eigenvalue weighted by atomic mass is 16.5. The summed E-state index contributed by atoms with van der Waals surface area (Å²) in [5.74, 6) is 0.627. The van der Waals surface area contributed by atoms with E-state index in [9.17, 15) is 0 Å². The maximum Gasteiger partial charge on any atom is 0.212 e. The van der Waals surface area contributed by atoms with Crippen molar-refractivity contribution in [1.29, 1.82) is 0 Å². The Labute approximate surface area is 72.6 Å². The van der Waals surface area contributed by atoms with Gasteiger partial charge in [-0.05, 0) is 12.0 Å². The second-order valence-corrected chi connectivity index (χ2v) is 2.65. The number of ether oxygens (including phenoxy) is 1. The van der Waals surface area contributed by atoms with Gasteiger partial charge in [-0.15, -0.1) is 0 Å². The number of nitrogens with zero attached hydrogens (tertiary/aromatic N) is 1. The van der Waals surface area contributed by atoms with Crippen LogP contribution in [0.3, 0.4) is 0 Å². The van der Waals surface area contributed by atoms with E-state index in [0.717, 1.165) is 12.0 Å². The van der Waals surface area contributed by atoms with E-state index in [1.807, 2.05) is 12.1 Å². The number of nitrogens with two attached hydrogens (primary N) is 1. The van der Waals surface area contributed by atoms with Crippen molar-refractivity contribution in [2.45, 2.75) is 19.4 Å². The normalized spacial score (nSPS) is 12.6. The first-order chi connectivity index (χ1) is 5.77. The van der Waals surface area contributed by atoms with E-state index in [2.05, 4.69) is 11.9 Å². The predicted octanol–water partition coefficient (Wildman–Crippen LogP) is 1.50. The molecule has 12 heavy (non-hydrogen) atoms. The minimum atomic E-state index is 0.0865. The second-order valence-electron chi connectivity index (χ2n) is 2.65. The Morgan fingerprint density at radius 2 is 2.33 bits per heavy atom. The number of hydrogen-bond donors (Lipinski definition) is 1. The van der Waals surface area contributed by atoms with Crippen molar-refractivity contribution in [2.24, 2.45) is 5.73 Å². The van der Waals surface area contributed by atoms with Crippen molar-refractivity contribution in [2.75, 3.05) is 7.11 Å². The summed E-state index contributed by atoms with van der Waals surface area (Å²) in [6, 6.07) is 3.86. The highest BCUT2D eigenvalue weighted by molar-refractivity contribution is 5.20. The van der Waals surface area contributed by atoms with Gasteiger partial charge < -0.3 is 10.5 Å². The Morgan fingerprint density at radius 3 is 2.75 bits per heavy atom. The fourth-order valence-corrected chi connectivity index (χ4v) is 0.968. The van der Waals surface area contributed by atoms with Gasteiger partial charge in [0.2, 0.25) is 5.88 Å². The Hall–Kier alpha value is -1.09. The Morgan fingerprint density at radius 1 is 1.58 bits per heavy atom. The summed E-state index contributed by atoms with van der Waals surface area (Å²) in [7, 11) is 1.60. The van der Waals surface area contributed by atoms with Gasteiger partial charge in [0, 0.05) is 18.3 Å². The molecule has 0 saturated heterocycles. The first-order valence-electron chi connectivity index (χ1n) is 4.03. The van der Waals surface area contributed by atoms with Gasteiger partial charge in [-0.3, -0.25) is 0 Å². The Bertz CT molecular complexity index is 233. The van der Waals surface area contributed by atoms with E-state index in [1.54, 1.807) is 13.3 Å². The Kier molecular flexibility index (Phi) is 3.05. The van der Waals surface area contributed by atoms with Gasteiger partial charge in [0.1, 0.15) is 0 Å². The summed E-state index contributed by atoms with van der Waals surface area (Å²) in [6.45, 7) is 2.05. The SMILES string of the molecule is CCC(N)c1ccc(OC)nc1. The topological polar surface area (TPSA) is 48.1 Å². The first kappa shape index (κ1) is 9.00. The molecule has 0 fully saturated rings. The summed E-state index contributed by atoms with van der Waals surface area (Å²) in [5.41, 5.74) is 6.86. The Balaban J connectivity index is 2.77. The van der Waals surface area contributed by atoms with Gasteiger partial charge in [-0.2, -0.15) is 0 Å². The maximum absolute atomic E-state index is 5.80. The van der Waals surface area contributed by atoms with Crippen molar-refractivity contribution >= 4 is 0 Å². The van der Waals surface area contributed by atoms with Gasteiger partial charge in [-0.25, -0.2) is 4.98 Å². The predicted molar refractivity (Wildman–Crippen MR) is 48.0 cm³/mol. The molecule has 0 radical (unpaired) electrons. The number of pyridine rings is 1. The molecule has 0 aliphatic carbocycles. The van der Waals surface area contributed by atoms with E-state index in [-0.39, 0.29) is 6.04 Å². The molecule has 2 N–H and O–H groups in total. The van der Waals surface area contributed by atoms with Crippen molar-refractivity contribution in [1.82, 2.24) is 4.98 Å². The molecule has 1 atom stereocenters. The molecule has 0 aliphatic heterocycles. The van der Waals surface area contributed by atoms with Crippen molar-refractivity contribution in [3.63, 3.8) is 0 Å². The molecular formula is C9H14N2O. The third-order valence-electron chi connectivity index (χ3n) is 1.84. The highest BCUT2D eigenvalue weighted by Crippen LogP contribution is 2.14. The van der Waals surface area contributed by atoms with Crippen molar-refractivity contribution in [3.05, 3.63) is 23.9 Å². The maximum atomic E-state index is 5.80. The van der Waals surface area contributed by atoms with Crippen LogP contribution in [0.1, 0.15) is 24.9 Å². The van der Waals surface area contributed by atoms with Crippen LogP contribution in [0.5, 0.6) is 5.88 Å². The van der Waals surface area contributed by atoms with Crippen LogP contribution >= 0.6 is 0 Å². The third kappa shape index (κ3) is 1.95. The van der Waals surface area contributed by atoms with Crippen LogP contribution in [0, 0.1) is 0 Å². The smallest absolute Gasteiger partial charge is 0.212 e. The van der Waals surface area contributed by atoms with Crippen LogP contribution in [0.2, 0.25) is 0 Å². The van der Waals surface area contributed by atoms with E-state index in [0.29, 0.717) is 5.88 Å². The molecule has 0 aliphatic rings. The number of aromatic nitrogens is 1. The summed E-state index contributed by atoms with van der Waals surface area (Å²) >= 11 is 0. The lowest BCUT2D eigenvalue weighted by atomic mass is 10.1. The minimum absolute atomic E-state index is 0.0865. The number of rotatable bonds is 3. The molecule has 0 aromatic carbocycles. The van der Waals surface area contributed by atoms with Crippen LogP contribution in [-0.2, 0) is 0 Å². The zero-order valence-electron chi connectivity index (χ0n) is 7.45. The molecule has 66 valence electrons. The second kappa shape index (κ2) is 4.07. The third-order valence-corrected chi connectivity index (χ3v) is 1.84. The summed E-state index contributed by atoms with van der Waals surface area (Å²) in [4.78, 5) is 4.06. The van der Waals surface area contributed by atoms with Crippen LogP contribution in [-0.4, -0.2) is 12.1 Å². The summed E-state index contributed by atoms with van der Waals surface area (Å²) < 4.78 is 4.93. The molecule has 0 saturated carbocycles. The van der Waals surface area contributed by atoms with E-state index in [4.69, 9.17) is 10.5 Å². The van der Waals surface area contributed by atoms with Crippen LogP contribution in [0.15, 0.2) is 18.3 Å². The molecule has 1 aromatic heterocycles. The molecule has 1 aromatic rings. The molecule has 3 nitrogen and oxygen atoms in total. The average Bonchev–Trinajstić information content (AvgIpc) is 2.17. The van der Waals surface area contributed by atoms with Crippen LogP contribution in [0.25, 0.3) is 0 Å². The molecular weight excluding hydrogens is 152 g/mol. The minimum Gasteiger partial charge on any atom is -0.481 e. The van der Waals surface area contributed by atoms with Gasteiger partial charge in [-0.1, -0.05) is 13.0 Å². The number of hydrogen-bond acceptors (Lipinski definition) is 3. The lowest BCUT2D eigenvalue weighted by Crippen LogP contribution is -2.08. The van der Waals surface area contributed by atoms with Crippen molar-refractivity contribution in [3.8, 4) is 5.88 Å². The lowest BCUT2D eigenvalue weighted by Gasteiger charge is -2.08.